The third kappa shape index (κ3) is 5.61. The molecular weight excluding hydrogens is 534 g/mol. The van der Waals surface area contributed by atoms with E-state index in [1.807, 2.05) is 36.4 Å². The summed E-state index contributed by atoms with van der Waals surface area (Å²) in [6, 6.07) is 20.0. The van der Waals surface area contributed by atoms with Gasteiger partial charge in [-0.1, -0.05) is 0 Å². The number of aromatic nitrogens is 4. The summed E-state index contributed by atoms with van der Waals surface area (Å²) in [5, 5.41) is 4.45. The SMILES string of the molecule is COCCOc1ccc(N2CCN(C(C)c3cc(-c4cc5nc(-c6ccco6)nn5c(N)n4)ccc3OC)CC2)cc1. The van der Waals surface area contributed by atoms with Gasteiger partial charge in [-0.05, 0) is 61.5 Å². The second-order valence-corrected chi connectivity index (χ2v) is 10.2. The molecule has 0 aliphatic carbocycles. The monoisotopic (exact) mass is 569 g/mol. The van der Waals surface area contributed by atoms with Gasteiger partial charge < -0.3 is 29.3 Å². The Kier molecular flexibility index (Phi) is 7.93. The first-order chi connectivity index (χ1) is 20.5. The van der Waals surface area contributed by atoms with E-state index in [0.717, 1.165) is 48.8 Å². The predicted octanol–water partition coefficient (Wildman–Crippen LogP) is 4.55. The number of nitrogens with two attached hydrogens (primary N) is 1. The Morgan fingerprint density at radius 3 is 2.48 bits per heavy atom. The number of nitrogen functional groups attached to an aromatic ring is 1. The topological polar surface area (TPSA) is 116 Å². The maximum Gasteiger partial charge on any atom is 0.223 e. The van der Waals surface area contributed by atoms with Crippen molar-refractivity contribution in [2.75, 3.05) is 64.2 Å². The molecule has 0 bridgehead atoms. The van der Waals surface area contributed by atoms with Gasteiger partial charge in [0.25, 0.3) is 0 Å². The van der Waals surface area contributed by atoms with Gasteiger partial charge in [0.05, 0.1) is 25.7 Å². The van der Waals surface area contributed by atoms with Crippen LogP contribution in [0.5, 0.6) is 11.5 Å². The van der Waals surface area contributed by atoms with Gasteiger partial charge in [-0.15, -0.1) is 5.10 Å². The van der Waals surface area contributed by atoms with Crippen LogP contribution in [0.2, 0.25) is 0 Å². The van der Waals surface area contributed by atoms with Crippen molar-refractivity contribution in [3.8, 4) is 34.3 Å². The van der Waals surface area contributed by atoms with E-state index >= 15 is 0 Å². The number of furan rings is 1. The molecule has 1 atom stereocenters. The number of piperazine rings is 1. The number of anilines is 2. The molecular formula is C31H35N7O4. The third-order valence-corrected chi connectivity index (χ3v) is 7.69. The zero-order valence-corrected chi connectivity index (χ0v) is 24.1. The van der Waals surface area contributed by atoms with E-state index in [2.05, 4.69) is 50.0 Å². The molecule has 1 unspecified atom stereocenters. The molecule has 1 aliphatic rings. The first kappa shape index (κ1) is 27.6. The molecule has 1 aliphatic heterocycles. The van der Waals surface area contributed by atoms with Gasteiger partial charge in [0.15, 0.2) is 11.4 Å². The lowest BCUT2D eigenvalue weighted by Gasteiger charge is -2.39. The van der Waals surface area contributed by atoms with E-state index in [0.29, 0.717) is 36.1 Å². The van der Waals surface area contributed by atoms with Crippen LogP contribution in [0.3, 0.4) is 0 Å². The highest BCUT2D eigenvalue weighted by molar-refractivity contribution is 5.68. The molecule has 11 heteroatoms. The van der Waals surface area contributed by atoms with Gasteiger partial charge in [0, 0.05) is 62.2 Å². The summed E-state index contributed by atoms with van der Waals surface area (Å²) < 4.78 is 23.5. The van der Waals surface area contributed by atoms with E-state index in [4.69, 9.17) is 24.4 Å². The zero-order chi connectivity index (χ0) is 29.1. The highest BCUT2D eigenvalue weighted by Crippen LogP contribution is 2.34. The first-order valence-corrected chi connectivity index (χ1v) is 14.0. The smallest absolute Gasteiger partial charge is 0.223 e. The van der Waals surface area contributed by atoms with Crippen molar-refractivity contribution in [1.82, 2.24) is 24.5 Å². The Morgan fingerprint density at radius 2 is 1.76 bits per heavy atom. The normalized spacial score (nSPS) is 14.8. The van der Waals surface area contributed by atoms with Crippen molar-refractivity contribution in [3.05, 3.63) is 72.5 Å². The molecule has 218 valence electrons. The van der Waals surface area contributed by atoms with Crippen LogP contribution in [-0.2, 0) is 4.74 Å². The maximum atomic E-state index is 6.30. The third-order valence-electron chi connectivity index (χ3n) is 7.69. The lowest BCUT2D eigenvalue weighted by molar-refractivity contribution is 0.146. The average molecular weight is 570 g/mol. The molecule has 0 radical (unpaired) electrons. The molecule has 1 fully saturated rings. The number of fused-ring (bicyclic) bond motifs is 1. The summed E-state index contributed by atoms with van der Waals surface area (Å²) in [5.41, 5.74) is 10.8. The molecule has 1 saturated heterocycles. The Balaban J connectivity index is 1.18. The van der Waals surface area contributed by atoms with Gasteiger partial charge in [0.2, 0.25) is 11.8 Å². The molecule has 0 spiro atoms. The number of ether oxygens (including phenoxy) is 3. The van der Waals surface area contributed by atoms with Crippen molar-refractivity contribution in [3.63, 3.8) is 0 Å². The van der Waals surface area contributed by atoms with Crippen LogP contribution in [0.25, 0.3) is 28.5 Å². The molecule has 0 amide bonds. The Morgan fingerprint density at radius 1 is 0.952 bits per heavy atom. The minimum atomic E-state index is 0.137. The van der Waals surface area contributed by atoms with Crippen molar-refractivity contribution < 1.29 is 18.6 Å². The lowest BCUT2D eigenvalue weighted by atomic mass is 10.00. The van der Waals surface area contributed by atoms with E-state index in [1.54, 1.807) is 26.5 Å². The first-order valence-electron chi connectivity index (χ1n) is 14.0. The number of hydrogen-bond donors (Lipinski definition) is 1. The largest absolute Gasteiger partial charge is 0.496 e. The zero-order valence-electron chi connectivity index (χ0n) is 24.1. The van der Waals surface area contributed by atoms with Gasteiger partial charge in [-0.25, -0.2) is 9.97 Å². The van der Waals surface area contributed by atoms with Gasteiger partial charge in [-0.2, -0.15) is 4.52 Å². The van der Waals surface area contributed by atoms with Gasteiger partial charge in [0.1, 0.15) is 18.1 Å². The molecule has 42 heavy (non-hydrogen) atoms. The minimum Gasteiger partial charge on any atom is -0.496 e. The number of benzene rings is 2. The summed E-state index contributed by atoms with van der Waals surface area (Å²) >= 11 is 0. The Bertz CT molecular complexity index is 1630. The van der Waals surface area contributed by atoms with Crippen LogP contribution in [0, 0.1) is 0 Å². The van der Waals surface area contributed by atoms with Crippen molar-refractivity contribution in [1.29, 1.82) is 0 Å². The Hall–Kier alpha value is -4.61. The highest BCUT2D eigenvalue weighted by Gasteiger charge is 2.25. The quantitative estimate of drug-likeness (QED) is 0.240. The Labute approximate surface area is 244 Å². The number of methoxy groups -OCH3 is 2. The summed E-state index contributed by atoms with van der Waals surface area (Å²) in [7, 11) is 3.38. The number of hydrogen-bond acceptors (Lipinski definition) is 10. The highest BCUT2D eigenvalue weighted by atomic mass is 16.5. The predicted molar refractivity (Wildman–Crippen MR) is 161 cm³/mol. The van der Waals surface area contributed by atoms with Gasteiger partial charge >= 0.3 is 0 Å². The molecule has 2 aromatic carbocycles. The van der Waals surface area contributed by atoms with E-state index < -0.39 is 0 Å². The fourth-order valence-electron chi connectivity index (χ4n) is 5.35. The molecule has 0 saturated carbocycles. The van der Waals surface area contributed by atoms with Crippen molar-refractivity contribution in [2.45, 2.75) is 13.0 Å². The fraction of sp³-hybridized carbons (Fsp3) is 0.323. The standard InChI is InChI=1S/C31H35N7O4/c1-21(36-12-14-37(15-13-36)23-7-9-24(10-8-23)41-18-17-39-2)25-19-22(6-11-27(25)40-3)26-20-29-34-30(28-5-4-16-42-28)35-38(29)31(32)33-26/h4-11,16,19-21H,12-15,17-18H2,1-3H3,(H2,32,33). The van der Waals surface area contributed by atoms with Crippen LogP contribution in [0.1, 0.15) is 18.5 Å². The summed E-state index contributed by atoms with van der Waals surface area (Å²) in [5.74, 6) is 2.98. The van der Waals surface area contributed by atoms with Crippen LogP contribution < -0.4 is 20.1 Å². The van der Waals surface area contributed by atoms with E-state index in [-0.39, 0.29) is 12.0 Å². The second kappa shape index (κ2) is 12.1. The summed E-state index contributed by atoms with van der Waals surface area (Å²) in [4.78, 5) is 14.1. The van der Waals surface area contributed by atoms with Crippen LogP contribution in [0.4, 0.5) is 11.6 Å². The summed E-state index contributed by atoms with van der Waals surface area (Å²) in [6.45, 7) is 7.04. The lowest BCUT2D eigenvalue weighted by Crippen LogP contribution is -2.47. The molecule has 2 N–H and O–H groups in total. The number of nitrogens with zero attached hydrogens (tertiary/aromatic N) is 6. The molecule has 3 aromatic heterocycles. The van der Waals surface area contributed by atoms with Gasteiger partial charge in [-0.3, -0.25) is 4.90 Å². The van der Waals surface area contributed by atoms with Crippen LogP contribution in [-0.4, -0.2) is 78.1 Å². The van der Waals surface area contributed by atoms with Crippen LogP contribution >= 0.6 is 0 Å². The van der Waals surface area contributed by atoms with E-state index in [9.17, 15) is 0 Å². The molecule has 5 aromatic rings. The fourth-order valence-corrected chi connectivity index (χ4v) is 5.35. The minimum absolute atomic E-state index is 0.137. The maximum absolute atomic E-state index is 6.30. The van der Waals surface area contributed by atoms with E-state index in [1.165, 1.54) is 10.2 Å². The molecule has 11 nitrogen and oxygen atoms in total. The van der Waals surface area contributed by atoms with Crippen molar-refractivity contribution in [2.24, 2.45) is 0 Å². The molecule has 4 heterocycles. The molecule has 6 rings (SSSR count). The van der Waals surface area contributed by atoms with Crippen LogP contribution in [0.15, 0.2) is 71.3 Å². The average Bonchev–Trinajstić information content (AvgIpc) is 3.72. The summed E-state index contributed by atoms with van der Waals surface area (Å²) in [6.07, 6.45) is 1.59. The number of rotatable bonds is 10. The second-order valence-electron chi connectivity index (χ2n) is 10.2. The van der Waals surface area contributed by atoms with Crippen molar-refractivity contribution >= 4 is 17.3 Å².